The molecule has 6 aromatic rings. The Hall–Kier alpha value is -4.30. The van der Waals surface area contributed by atoms with Crippen LogP contribution >= 0.6 is 0 Å². The van der Waals surface area contributed by atoms with Crippen LogP contribution in [0.2, 0.25) is 0 Å². The highest BCUT2D eigenvalue weighted by Crippen LogP contribution is 2.37. The maximum absolute atomic E-state index is 5.16. The minimum atomic E-state index is 0.915. The molecule has 2 nitrogen and oxygen atoms in total. The molecule has 0 aliphatic heterocycles. The van der Waals surface area contributed by atoms with Crippen LogP contribution in [0.1, 0.15) is 13.8 Å². The fourth-order valence-electron chi connectivity index (χ4n) is 4.72. The van der Waals surface area contributed by atoms with E-state index in [4.69, 9.17) is 9.98 Å². The molecule has 0 atom stereocenters. The average molecular weight is 437 g/mol. The Bertz CT molecular complexity index is 1530. The van der Waals surface area contributed by atoms with Gasteiger partial charge in [-0.2, -0.15) is 0 Å². The topological polar surface area (TPSA) is 24.7 Å². The summed E-state index contributed by atoms with van der Waals surface area (Å²) in [5.74, 6) is 0. The van der Waals surface area contributed by atoms with Gasteiger partial charge >= 0.3 is 0 Å². The molecule has 0 radical (unpaired) electrons. The summed E-state index contributed by atoms with van der Waals surface area (Å²) in [5.41, 5.74) is 3.84. The van der Waals surface area contributed by atoms with Crippen molar-refractivity contribution in [2.75, 3.05) is 0 Å². The van der Waals surface area contributed by atoms with Crippen molar-refractivity contribution >= 4 is 65.9 Å². The molecule has 6 rings (SSSR count). The van der Waals surface area contributed by atoms with Crippen molar-refractivity contribution in [3.63, 3.8) is 0 Å². The van der Waals surface area contributed by atoms with Crippen molar-refractivity contribution in [2.24, 2.45) is 9.98 Å². The Labute approximate surface area is 198 Å². The van der Waals surface area contributed by atoms with Crippen molar-refractivity contribution in [1.29, 1.82) is 0 Å². The van der Waals surface area contributed by atoms with Gasteiger partial charge in [0.05, 0.1) is 22.8 Å². The first-order valence-electron chi connectivity index (χ1n) is 11.6. The number of aliphatic imine (C=N–C) groups is 2. The van der Waals surface area contributed by atoms with Gasteiger partial charge in [-0.25, -0.2) is 0 Å². The van der Waals surface area contributed by atoms with Gasteiger partial charge in [0.25, 0.3) is 0 Å². The van der Waals surface area contributed by atoms with Crippen molar-refractivity contribution in [1.82, 2.24) is 0 Å². The number of nitrogens with zero attached hydrogens (tertiary/aromatic N) is 2. The second-order valence-electron chi connectivity index (χ2n) is 8.73. The van der Waals surface area contributed by atoms with Gasteiger partial charge in [0.2, 0.25) is 0 Å². The summed E-state index contributed by atoms with van der Waals surface area (Å²) in [6.45, 7) is 4.12. The molecule has 0 bridgehead atoms. The molecule has 0 saturated carbocycles. The zero-order valence-corrected chi connectivity index (χ0v) is 19.3. The summed E-state index contributed by atoms with van der Waals surface area (Å²) in [4.78, 5) is 10.3. The van der Waals surface area contributed by atoms with E-state index in [-0.39, 0.29) is 0 Å². The summed E-state index contributed by atoms with van der Waals surface area (Å²) in [6.07, 6.45) is 0. The fraction of sp³-hybridized carbons (Fsp3) is 0.0625. The summed E-state index contributed by atoms with van der Waals surface area (Å²) < 4.78 is 0. The highest BCUT2D eigenvalue weighted by atomic mass is 14.8. The van der Waals surface area contributed by atoms with E-state index in [0.29, 0.717) is 0 Å². The summed E-state index contributed by atoms with van der Waals surface area (Å²) in [6, 6.07) is 38.3. The third-order valence-corrected chi connectivity index (χ3v) is 6.57. The lowest BCUT2D eigenvalue weighted by Crippen LogP contribution is -2.05. The van der Waals surface area contributed by atoms with Crippen LogP contribution in [-0.4, -0.2) is 11.4 Å². The van der Waals surface area contributed by atoms with Crippen molar-refractivity contribution < 1.29 is 0 Å². The lowest BCUT2D eigenvalue weighted by atomic mass is 10.0. The van der Waals surface area contributed by atoms with Crippen molar-refractivity contribution in [2.45, 2.75) is 13.8 Å². The summed E-state index contributed by atoms with van der Waals surface area (Å²) in [7, 11) is 0. The lowest BCUT2D eigenvalue weighted by molar-refractivity contribution is 1.53. The SMILES string of the molecule is CC(=Nc1c2ccccc2cc2ccccc12)C(C)=Nc1c2ccccc2cc2ccccc12. The predicted molar refractivity (Wildman–Crippen MR) is 148 cm³/mol. The molecule has 6 aromatic carbocycles. The summed E-state index contributed by atoms with van der Waals surface area (Å²) >= 11 is 0. The molecule has 162 valence electrons. The first-order valence-corrected chi connectivity index (χ1v) is 11.6. The van der Waals surface area contributed by atoms with Crippen LogP contribution in [0.4, 0.5) is 11.4 Å². The van der Waals surface area contributed by atoms with Crippen LogP contribution in [0.3, 0.4) is 0 Å². The van der Waals surface area contributed by atoms with E-state index in [2.05, 4.69) is 123 Å². The molecule has 0 aliphatic rings. The second kappa shape index (κ2) is 8.24. The normalized spacial score (nSPS) is 12.8. The number of hydrogen-bond acceptors (Lipinski definition) is 2. The highest BCUT2D eigenvalue weighted by molar-refractivity contribution is 6.42. The van der Waals surface area contributed by atoms with Gasteiger partial charge in [-0.15, -0.1) is 0 Å². The first-order chi connectivity index (χ1) is 16.7. The monoisotopic (exact) mass is 436 g/mol. The second-order valence-corrected chi connectivity index (χ2v) is 8.73. The molecule has 0 unspecified atom stereocenters. The van der Waals surface area contributed by atoms with Gasteiger partial charge in [0, 0.05) is 21.5 Å². The van der Waals surface area contributed by atoms with E-state index in [1.807, 2.05) is 0 Å². The Morgan fingerprint density at radius 3 is 0.971 bits per heavy atom. The predicted octanol–water partition coefficient (Wildman–Crippen LogP) is 9.18. The maximum Gasteiger partial charge on any atom is 0.0790 e. The van der Waals surface area contributed by atoms with E-state index >= 15 is 0 Å². The molecular formula is C32H24N2. The highest BCUT2D eigenvalue weighted by Gasteiger charge is 2.10. The van der Waals surface area contributed by atoms with Gasteiger partial charge in [0.15, 0.2) is 0 Å². The van der Waals surface area contributed by atoms with Crippen LogP contribution in [0.25, 0.3) is 43.1 Å². The van der Waals surface area contributed by atoms with Gasteiger partial charge in [-0.05, 0) is 47.5 Å². The van der Waals surface area contributed by atoms with E-state index < -0.39 is 0 Å². The maximum atomic E-state index is 5.16. The van der Waals surface area contributed by atoms with E-state index in [1.54, 1.807) is 0 Å². The molecular weight excluding hydrogens is 412 g/mol. The van der Waals surface area contributed by atoms with Gasteiger partial charge in [-0.3, -0.25) is 9.98 Å². The Morgan fingerprint density at radius 2 is 0.676 bits per heavy atom. The third kappa shape index (κ3) is 3.45. The molecule has 0 aliphatic carbocycles. The van der Waals surface area contributed by atoms with Crippen LogP contribution in [-0.2, 0) is 0 Å². The van der Waals surface area contributed by atoms with E-state index in [0.717, 1.165) is 44.3 Å². The average Bonchev–Trinajstić information content (AvgIpc) is 2.88. The molecule has 34 heavy (non-hydrogen) atoms. The molecule has 0 heterocycles. The lowest BCUT2D eigenvalue weighted by Gasteiger charge is -2.11. The molecule has 0 amide bonds. The van der Waals surface area contributed by atoms with Gasteiger partial charge in [0.1, 0.15) is 0 Å². The Kier molecular flexibility index (Phi) is 4.92. The molecule has 0 saturated heterocycles. The minimum Gasteiger partial charge on any atom is -0.251 e. The van der Waals surface area contributed by atoms with Crippen molar-refractivity contribution in [3.05, 3.63) is 109 Å². The molecule has 0 fully saturated rings. The van der Waals surface area contributed by atoms with Crippen LogP contribution in [0, 0.1) is 0 Å². The number of hydrogen-bond donors (Lipinski definition) is 0. The Morgan fingerprint density at radius 1 is 0.412 bits per heavy atom. The standard InChI is InChI=1S/C32H24N2/c1-21(33-31-27-15-7-3-11-23(27)19-24-12-4-8-16-28(24)31)22(2)34-32-29-17-9-5-13-25(29)20-26-14-6-10-18-30(26)32/h3-20H,1-2H3. The molecule has 0 N–H and O–H groups in total. The number of fused-ring (bicyclic) bond motifs is 4. The molecule has 2 heteroatoms. The largest absolute Gasteiger partial charge is 0.251 e. The first kappa shape index (κ1) is 20.3. The smallest absolute Gasteiger partial charge is 0.0790 e. The van der Waals surface area contributed by atoms with Crippen molar-refractivity contribution in [3.8, 4) is 0 Å². The van der Waals surface area contributed by atoms with Gasteiger partial charge < -0.3 is 0 Å². The van der Waals surface area contributed by atoms with E-state index in [9.17, 15) is 0 Å². The van der Waals surface area contributed by atoms with Crippen LogP contribution in [0.5, 0.6) is 0 Å². The Balaban J connectivity index is 1.57. The van der Waals surface area contributed by atoms with Gasteiger partial charge in [-0.1, -0.05) is 97.1 Å². The fourth-order valence-corrected chi connectivity index (χ4v) is 4.72. The minimum absolute atomic E-state index is 0.915. The third-order valence-electron chi connectivity index (χ3n) is 6.57. The molecule has 0 aromatic heterocycles. The number of rotatable bonds is 3. The zero-order chi connectivity index (χ0) is 23.1. The quantitative estimate of drug-likeness (QED) is 0.195. The zero-order valence-electron chi connectivity index (χ0n) is 19.3. The van der Waals surface area contributed by atoms with Crippen LogP contribution in [0.15, 0.2) is 119 Å². The van der Waals surface area contributed by atoms with Crippen LogP contribution < -0.4 is 0 Å². The number of benzene rings is 6. The molecule has 0 spiro atoms. The summed E-state index contributed by atoms with van der Waals surface area (Å²) in [5, 5.41) is 9.41. The van der Waals surface area contributed by atoms with E-state index in [1.165, 1.54) is 21.5 Å².